The van der Waals surface area contributed by atoms with Crippen LogP contribution in [0.5, 0.6) is 17.5 Å². The fourth-order valence-electron chi connectivity index (χ4n) is 2.17. The number of hydrogen-bond donors (Lipinski definition) is 0. The molecule has 0 saturated heterocycles. The molecule has 0 N–H and O–H groups in total. The Morgan fingerprint density at radius 3 is 2.74 bits per heavy atom. The lowest BCUT2D eigenvalue weighted by molar-refractivity contribution is 0.150. The van der Waals surface area contributed by atoms with Crippen LogP contribution in [0, 0.1) is 0 Å². The first-order valence-corrected chi connectivity index (χ1v) is 7.66. The first kappa shape index (κ1) is 15.8. The number of alkyl halides is 2. The summed E-state index contributed by atoms with van der Waals surface area (Å²) < 4.78 is 41.3. The predicted octanol–water partition coefficient (Wildman–Crippen LogP) is 3.66. The first-order valence-electron chi connectivity index (χ1n) is 6.79. The zero-order valence-corrected chi connectivity index (χ0v) is 13.3. The zero-order chi connectivity index (χ0) is 16.4. The molecule has 5 nitrogen and oxygen atoms in total. The molecule has 0 aliphatic carbocycles. The highest BCUT2D eigenvalue weighted by Gasteiger charge is 2.26. The topological polar surface area (TPSA) is 53.5 Å². The second-order valence-corrected chi connectivity index (χ2v) is 5.98. The Morgan fingerprint density at radius 1 is 1.26 bits per heavy atom. The van der Waals surface area contributed by atoms with Crippen molar-refractivity contribution in [2.24, 2.45) is 0 Å². The molecule has 0 amide bonds. The molecule has 1 aromatic carbocycles. The normalized spacial score (nSPS) is 16.7. The summed E-state index contributed by atoms with van der Waals surface area (Å²) in [7, 11) is 2.98. The van der Waals surface area contributed by atoms with E-state index in [4.69, 9.17) is 14.2 Å². The van der Waals surface area contributed by atoms with E-state index in [0.717, 1.165) is 4.90 Å². The summed E-state index contributed by atoms with van der Waals surface area (Å²) in [4.78, 5) is 9.33. The Kier molecular flexibility index (Phi) is 4.51. The molecular formula is C15H14F2N2O3S. The van der Waals surface area contributed by atoms with Crippen LogP contribution in [-0.2, 0) is 0 Å². The Balaban J connectivity index is 1.84. The second kappa shape index (κ2) is 6.57. The maximum atomic E-state index is 12.7. The molecule has 8 heteroatoms. The van der Waals surface area contributed by atoms with E-state index < -0.39 is 6.43 Å². The summed E-state index contributed by atoms with van der Waals surface area (Å²) in [5.74, 6) is 1.07. The Labute approximate surface area is 136 Å². The van der Waals surface area contributed by atoms with Gasteiger partial charge >= 0.3 is 0 Å². The number of benzene rings is 1. The van der Waals surface area contributed by atoms with Crippen LogP contribution in [0.15, 0.2) is 29.3 Å². The maximum absolute atomic E-state index is 12.7. The van der Waals surface area contributed by atoms with Gasteiger partial charge in [-0.05, 0) is 12.1 Å². The number of aromatic nitrogens is 2. The van der Waals surface area contributed by atoms with Gasteiger partial charge in [-0.15, -0.1) is 11.8 Å². The molecule has 0 spiro atoms. The van der Waals surface area contributed by atoms with Crippen molar-refractivity contribution in [1.29, 1.82) is 0 Å². The number of ether oxygens (including phenoxy) is 3. The van der Waals surface area contributed by atoms with E-state index in [9.17, 15) is 8.78 Å². The predicted molar refractivity (Wildman–Crippen MR) is 80.6 cm³/mol. The van der Waals surface area contributed by atoms with Crippen LogP contribution in [0.3, 0.4) is 0 Å². The van der Waals surface area contributed by atoms with Crippen LogP contribution in [0.4, 0.5) is 8.78 Å². The lowest BCUT2D eigenvalue weighted by Gasteiger charge is -2.25. The van der Waals surface area contributed by atoms with Crippen molar-refractivity contribution in [2.75, 3.05) is 20.8 Å². The number of methoxy groups -OCH3 is 2. The molecule has 2 heterocycles. The van der Waals surface area contributed by atoms with E-state index in [1.807, 2.05) is 0 Å². The monoisotopic (exact) mass is 340 g/mol. The third-order valence-electron chi connectivity index (χ3n) is 3.32. The minimum absolute atomic E-state index is 0.0475. The van der Waals surface area contributed by atoms with E-state index >= 15 is 0 Å². The van der Waals surface area contributed by atoms with Crippen LogP contribution in [0.2, 0.25) is 0 Å². The summed E-state index contributed by atoms with van der Waals surface area (Å²) in [6, 6.07) is 4.42. The van der Waals surface area contributed by atoms with Gasteiger partial charge in [0.2, 0.25) is 0 Å². The molecule has 1 atom stereocenters. The lowest BCUT2D eigenvalue weighted by Crippen LogP contribution is -2.14. The SMILES string of the molecule is COc1ncc([C@@H]2COc3cc(C(F)F)ccc3S2)nc1OC. The van der Waals surface area contributed by atoms with Crippen molar-refractivity contribution in [2.45, 2.75) is 16.6 Å². The molecule has 0 saturated carbocycles. The van der Waals surface area contributed by atoms with E-state index in [-0.39, 0.29) is 10.8 Å². The Morgan fingerprint density at radius 2 is 2.04 bits per heavy atom. The molecule has 2 aromatic rings. The van der Waals surface area contributed by atoms with Crippen LogP contribution in [0.25, 0.3) is 0 Å². The largest absolute Gasteiger partial charge is 0.491 e. The van der Waals surface area contributed by atoms with Gasteiger partial charge in [-0.3, -0.25) is 0 Å². The van der Waals surface area contributed by atoms with Gasteiger partial charge in [0.05, 0.1) is 36.3 Å². The van der Waals surface area contributed by atoms with Crippen molar-refractivity contribution in [3.63, 3.8) is 0 Å². The summed E-state index contributed by atoms with van der Waals surface area (Å²) in [5, 5.41) is -0.104. The van der Waals surface area contributed by atoms with E-state index in [0.29, 0.717) is 29.8 Å². The minimum atomic E-state index is -2.51. The lowest BCUT2D eigenvalue weighted by atomic mass is 10.2. The maximum Gasteiger partial charge on any atom is 0.278 e. The van der Waals surface area contributed by atoms with Gasteiger partial charge in [0.25, 0.3) is 18.2 Å². The first-order chi connectivity index (χ1) is 11.1. The van der Waals surface area contributed by atoms with Gasteiger partial charge in [0.1, 0.15) is 12.4 Å². The molecule has 3 rings (SSSR count). The van der Waals surface area contributed by atoms with Crippen molar-refractivity contribution >= 4 is 11.8 Å². The minimum Gasteiger partial charge on any atom is -0.491 e. The van der Waals surface area contributed by atoms with Gasteiger partial charge in [0.15, 0.2) is 0 Å². The average molecular weight is 340 g/mol. The van der Waals surface area contributed by atoms with E-state index in [1.165, 1.54) is 38.1 Å². The highest BCUT2D eigenvalue weighted by Crippen LogP contribution is 2.45. The van der Waals surface area contributed by atoms with Crippen molar-refractivity contribution < 1.29 is 23.0 Å². The van der Waals surface area contributed by atoms with Crippen molar-refractivity contribution in [1.82, 2.24) is 9.97 Å². The van der Waals surface area contributed by atoms with Crippen molar-refractivity contribution in [3.05, 3.63) is 35.7 Å². The molecule has 122 valence electrons. The van der Waals surface area contributed by atoms with Crippen molar-refractivity contribution in [3.8, 4) is 17.5 Å². The molecule has 0 unspecified atom stereocenters. The fraction of sp³-hybridized carbons (Fsp3) is 0.333. The quantitative estimate of drug-likeness (QED) is 0.847. The highest BCUT2D eigenvalue weighted by atomic mass is 32.2. The molecule has 1 aromatic heterocycles. The van der Waals surface area contributed by atoms with E-state index in [2.05, 4.69) is 9.97 Å². The fourth-order valence-corrected chi connectivity index (χ4v) is 3.23. The summed E-state index contributed by atoms with van der Waals surface area (Å²) >= 11 is 1.49. The average Bonchev–Trinajstić information content (AvgIpc) is 2.60. The van der Waals surface area contributed by atoms with Gasteiger partial charge in [-0.25, -0.2) is 18.7 Å². The second-order valence-electron chi connectivity index (χ2n) is 4.74. The van der Waals surface area contributed by atoms with Gasteiger partial charge < -0.3 is 14.2 Å². The third kappa shape index (κ3) is 3.17. The summed E-state index contributed by atoms with van der Waals surface area (Å²) in [6.45, 7) is 0.314. The molecule has 23 heavy (non-hydrogen) atoms. The van der Waals surface area contributed by atoms with Crippen LogP contribution in [-0.4, -0.2) is 30.8 Å². The summed E-state index contributed by atoms with van der Waals surface area (Å²) in [6.07, 6.45) is -0.913. The van der Waals surface area contributed by atoms with E-state index in [1.54, 1.807) is 12.3 Å². The molecular weight excluding hydrogens is 326 g/mol. The third-order valence-corrected chi connectivity index (χ3v) is 4.58. The van der Waals surface area contributed by atoms with Gasteiger partial charge in [0, 0.05) is 5.56 Å². The molecule has 0 bridgehead atoms. The number of halogens is 2. The number of thioether (sulfide) groups is 1. The Hall–Kier alpha value is -2.09. The number of rotatable bonds is 4. The standard InChI is InChI=1S/C15H14F2N2O3S/c1-20-14-15(21-2)19-9(6-18-14)12-7-22-10-5-8(13(16)17)3-4-11(10)23-12/h3-6,12-13H,7H2,1-2H3/t12-/m0/s1. The number of hydrogen-bond acceptors (Lipinski definition) is 6. The summed E-state index contributed by atoms with van der Waals surface area (Å²) in [5.41, 5.74) is 0.630. The number of fused-ring (bicyclic) bond motifs is 1. The smallest absolute Gasteiger partial charge is 0.278 e. The zero-order valence-electron chi connectivity index (χ0n) is 12.5. The van der Waals surface area contributed by atoms with Crippen LogP contribution in [0.1, 0.15) is 22.9 Å². The molecule has 1 aliphatic heterocycles. The molecule has 0 radical (unpaired) electrons. The molecule has 1 aliphatic rings. The van der Waals surface area contributed by atoms with Crippen LogP contribution < -0.4 is 14.2 Å². The highest BCUT2D eigenvalue weighted by molar-refractivity contribution is 7.99. The molecule has 0 fully saturated rings. The Bertz CT molecular complexity index is 715. The number of nitrogens with zero attached hydrogens (tertiary/aromatic N) is 2. The van der Waals surface area contributed by atoms with Gasteiger partial charge in [-0.2, -0.15) is 0 Å². The van der Waals surface area contributed by atoms with Crippen LogP contribution >= 0.6 is 11.8 Å². The van der Waals surface area contributed by atoms with Gasteiger partial charge in [-0.1, -0.05) is 6.07 Å².